The average Bonchev–Trinajstić information content (AvgIpc) is 2.63. The second-order valence-electron chi connectivity index (χ2n) is 5.80. The molecule has 25 heavy (non-hydrogen) atoms. The number of aromatic nitrogens is 2. The van der Waals surface area contributed by atoms with Crippen molar-refractivity contribution in [1.82, 2.24) is 15.3 Å². The third kappa shape index (κ3) is 4.79. The molecule has 1 aliphatic rings. The average molecular weight is 365 g/mol. The van der Waals surface area contributed by atoms with Gasteiger partial charge in [-0.1, -0.05) is 30.3 Å². The number of nitrogens with one attached hydrogen (secondary N) is 1. The molecule has 0 spiro atoms. The minimum Gasteiger partial charge on any atom is -0.445 e. The molecule has 2 aromatic rings. The summed E-state index contributed by atoms with van der Waals surface area (Å²) in [5, 5.41) is 2.82. The first-order valence-corrected chi connectivity index (χ1v) is 8.40. The van der Waals surface area contributed by atoms with Crippen LogP contribution in [-0.2, 0) is 11.3 Å². The standard InChI is InChI=1S/C17H18ClFN4O2/c18-16-20-9-14(19)15(22-16)23-8-4-7-13(10-23)21-17(24)25-11-12-5-2-1-3-6-12/h1-3,5-6,9,13H,4,7-8,10-11H2,(H,21,24)/t13-/m0/s1. The Bertz CT molecular complexity index is 732. The van der Waals surface area contributed by atoms with Crippen LogP contribution in [0, 0.1) is 5.82 Å². The van der Waals surface area contributed by atoms with Gasteiger partial charge in [0.1, 0.15) is 6.61 Å². The second kappa shape index (κ2) is 8.11. The van der Waals surface area contributed by atoms with Gasteiger partial charge >= 0.3 is 6.09 Å². The van der Waals surface area contributed by atoms with Crippen molar-refractivity contribution in [2.45, 2.75) is 25.5 Å². The molecule has 132 valence electrons. The van der Waals surface area contributed by atoms with Crippen LogP contribution in [-0.4, -0.2) is 35.2 Å². The SMILES string of the molecule is O=C(N[C@H]1CCCN(c2nc(Cl)ncc2F)C1)OCc1ccccc1. The Morgan fingerprint density at radius 1 is 1.40 bits per heavy atom. The van der Waals surface area contributed by atoms with Gasteiger partial charge < -0.3 is 15.0 Å². The van der Waals surface area contributed by atoms with Crippen molar-refractivity contribution in [3.8, 4) is 0 Å². The molecular formula is C17H18ClFN4O2. The number of rotatable bonds is 4. The second-order valence-corrected chi connectivity index (χ2v) is 6.14. The van der Waals surface area contributed by atoms with Gasteiger partial charge in [-0.3, -0.25) is 0 Å². The van der Waals surface area contributed by atoms with E-state index in [2.05, 4.69) is 15.3 Å². The molecule has 1 fully saturated rings. The highest BCUT2D eigenvalue weighted by Crippen LogP contribution is 2.22. The molecule has 1 saturated heterocycles. The predicted octanol–water partition coefficient (Wildman–Crippen LogP) is 3.16. The number of nitrogens with zero attached hydrogens (tertiary/aromatic N) is 3. The van der Waals surface area contributed by atoms with E-state index < -0.39 is 11.9 Å². The number of piperidine rings is 1. The fourth-order valence-electron chi connectivity index (χ4n) is 2.78. The Labute approximate surface area is 150 Å². The molecule has 1 N–H and O–H groups in total. The summed E-state index contributed by atoms with van der Waals surface area (Å²) >= 11 is 5.75. The van der Waals surface area contributed by atoms with Crippen LogP contribution in [0.2, 0.25) is 5.28 Å². The van der Waals surface area contributed by atoms with Gasteiger partial charge in [0.2, 0.25) is 5.28 Å². The van der Waals surface area contributed by atoms with Gasteiger partial charge in [-0.2, -0.15) is 4.98 Å². The van der Waals surface area contributed by atoms with E-state index in [0.29, 0.717) is 13.1 Å². The molecule has 0 unspecified atom stereocenters. The zero-order valence-corrected chi connectivity index (χ0v) is 14.2. The first-order chi connectivity index (χ1) is 12.1. The minimum atomic E-state index is -0.531. The Balaban J connectivity index is 1.54. The topological polar surface area (TPSA) is 67.4 Å². The fourth-order valence-corrected chi connectivity index (χ4v) is 2.91. The van der Waals surface area contributed by atoms with Gasteiger partial charge in [-0.05, 0) is 30.0 Å². The lowest BCUT2D eigenvalue weighted by atomic mass is 10.1. The zero-order valence-electron chi connectivity index (χ0n) is 13.5. The Hall–Kier alpha value is -2.41. The first-order valence-electron chi connectivity index (χ1n) is 8.02. The van der Waals surface area contributed by atoms with Crippen molar-refractivity contribution in [2.75, 3.05) is 18.0 Å². The largest absolute Gasteiger partial charge is 0.445 e. The molecule has 0 radical (unpaired) electrons. The van der Waals surface area contributed by atoms with E-state index in [9.17, 15) is 9.18 Å². The lowest BCUT2D eigenvalue weighted by molar-refractivity contribution is 0.134. The molecule has 1 aliphatic heterocycles. The van der Waals surface area contributed by atoms with Crippen LogP contribution in [0.1, 0.15) is 18.4 Å². The fraction of sp³-hybridized carbons (Fsp3) is 0.353. The number of carbonyl (C=O) groups is 1. The van der Waals surface area contributed by atoms with E-state index >= 15 is 0 Å². The summed E-state index contributed by atoms with van der Waals surface area (Å²) in [6.45, 7) is 1.28. The summed E-state index contributed by atoms with van der Waals surface area (Å²) in [7, 11) is 0. The molecule has 0 saturated carbocycles. The van der Waals surface area contributed by atoms with E-state index in [4.69, 9.17) is 16.3 Å². The predicted molar refractivity (Wildman–Crippen MR) is 92.0 cm³/mol. The van der Waals surface area contributed by atoms with E-state index in [-0.39, 0.29) is 23.8 Å². The van der Waals surface area contributed by atoms with Crippen LogP contribution >= 0.6 is 11.6 Å². The Kier molecular flexibility index (Phi) is 5.65. The Morgan fingerprint density at radius 2 is 2.20 bits per heavy atom. The lowest BCUT2D eigenvalue weighted by Crippen LogP contribution is -2.48. The molecule has 1 atom stereocenters. The highest BCUT2D eigenvalue weighted by Gasteiger charge is 2.25. The zero-order chi connectivity index (χ0) is 17.6. The molecule has 6 nitrogen and oxygen atoms in total. The summed E-state index contributed by atoms with van der Waals surface area (Å²) < 4.78 is 19.1. The van der Waals surface area contributed by atoms with Gasteiger partial charge in [-0.15, -0.1) is 0 Å². The number of halogens is 2. The number of anilines is 1. The summed E-state index contributed by atoms with van der Waals surface area (Å²) in [5.41, 5.74) is 0.917. The molecule has 3 rings (SSSR count). The number of benzene rings is 1. The number of ether oxygens (including phenoxy) is 1. The summed E-state index contributed by atoms with van der Waals surface area (Å²) in [6.07, 6.45) is 2.15. The van der Waals surface area contributed by atoms with Crippen molar-refractivity contribution in [2.24, 2.45) is 0 Å². The molecule has 0 bridgehead atoms. The maximum atomic E-state index is 13.9. The number of carbonyl (C=O) groups excluding carboxylic acids is 1. The van der Waals surface area contributed by atoms with Crippen LogP contribution in [0.5, 0.6) is 0 Å². The summed E-state index contributed by atoms with van der Waals surface area (Å²) in [5.74, 6) is -0.374. The molecule has 0 aliphatic carbocycles. The van der Waals surface area contributed by atoms with Crippen molar-refractivity contribution in [3.63, 3.8) is 0 Å². The molecule has 8 heteroatoms. The highest BCUT2D eigenvalue weighted by atomic mass is 35.5. The van der Waals surface area contributed by atoms with Crippen molar-refractivity contribution in [1.29, 1.82) is 0 Å². The summed E-state index contributed by atoms with van der Waals surface area (Å²) in [6, 6.07) is 9.30. The van der Waals surface area contributed by atoms with E-state index in [1.165, 1.54) is 0 Å². The van der Waals surface area contributed by atoms with E-state index in [0.717, 1.165) is 24.6 Å². The smallest absolute Gasteiger partial charge is 0.407 e. The Morgan fingerprint density at radius 3 is 3.00 bits per heavy atom. The van der Waals surface area contributed by atoms with Crippen LogP contribution in [0.4, 0.5) is 15.0 Å². The minimum absolute atomic E-state index is 0.00578. The highest BCUT2D eigenvalue weighted by molar-refractivity contribution is 6.28. The maximum absolute atomic E-state index is 13.9. The molecule has 1 amide bonds. The van der Waals surface area contributed by atoms with Crippen LogP contribution in [0.25, 0.3) is 0 Å². The van der Waals surface area contributed by atoms with Crippen molar-refractivity contribution in [3.05, 3.63) is 53.2 Å². The van der Waals surface area contributed by atoms with Crippen LogP contribution in [0.15, 0.2) is 36.5 Å². The van der Waals surface area contributed by atoms with E-state index in [1.54, 1.807) is 4.90 Å². The molecule has 2 heterocycles. The summed E-state index contributed by atoms with van der Waals surface area (Å²) in [4.78, 5) is 21.3. The number of hydrogen-bond acceptors (Lipinski definition) is 5. The van der Waals surface area contributed by atoms with Crippen LogP contribution < -0.4 is 10.2 Å². The van der Waals surface area contributed by atoms with Crippen molar-refractivity contribution < 1.29 is 13.9 Å². The molecular weight excluding hydrogens is 347 g/mol. The number of amides is 1. The van der Waals surface area contributed by atoms with Crippen LogP contribution in [0.3, 0.4) is 0 Å². The third-order valence-electron chi connectivity index (χ3n) is 3.95. The first kappa shape index (κ1) is 17.4. The number of alkyl carbamates (subject to hydrolysis) is 1. The van der Waals surface area contributed by atoms with Gasteiger partial charge in [0, 0.05) is 19.1 Å². The van der Waals surface area contributed by atoms with Crippen molar-refractivity contribution >= 4 is 23.5 Å². The van der Waals surface area contributed by atoms with Gasteiger partial charge in [-0.25, -0.2) is 14.2 Å². The lowest BCUT2D eigenvalue weighted by Gasteiger charge is -2.33. The van der Waals surface area contributed by atoms with Gasteiger partial charge in [0.05, 0.1) is 6.20 Å². The normalized spacial score (nSPS) is 17.2. The number of hydrogen-bond donors (Lipinski definition) is 1. The van der Waals surface area contributed by atoms with E-state index in [1.807, 2.05) is 30.3 Å². The quantitative estimate of drug-likeness (QED) is 0.844. The maximum Gasteiger partial charge on any atom is 0.407 e. The molecule has 1 aromatic heterocycles. The van der Waals surface area contributed by atoms with Gasteiger partial charge in [0.15, 0.2) is 11.6 Å². The monoisotopic (exact) mass is 364 g/mol. The third-order valence-corrected chi connectivity index (χ3v) is 4.13. The molecule has 1 aromatic carbocycles. The van der Waals surface area contributed by atoms with Gasteiger partial charge in [0.25, 0.3) is 0 Å².